The fourth-order valence-electron chi connectivity index (χ4n) is 5.50. The second kappa shape index (κ2) is 40.6. The number of phosphoric acid groups is 1. The molecule has 62 heavy (non-hydrogen) atoms. The van der Waals surface area contributed by atoms with Gasteiger partial charge in [0, 0.05) is 12.8 Å². The Hall–Kier alpha value is -3.15. The number of nitrogens with zero attached hydrogens (tertiary/aromatic N) is 1. The summed E-state index contributed by atoms with van der Waals surface area (Å²) in [4.78, 5) is 37.6. The van der Waals surface area contributed by atoms with Gasteiger partial charge in [-0.2, -0.15) is 0 Å². The minimum atomic E-state index is -4.73. The van der Waals surface area contributed by atoms with E-state index in [0.29, 0.717) is 17.4 Å². The number of phosphoric ester groups is 1. The van der Waals surface area contributed by atoms with E-state index in [1.807, 2.05) is 45.4 Å². The van der Waals surface area contributed by atoms with Crippen LogP contribution in [0.2, 0.25) is 0 Å². The maximum absolute atomic E-state index is 12.7. The van der Waals surface area contributed by atoms with Crippen molar-refractivity contribution in [2.24, 2.45) is 0 Å². The van der Waals surface area contributed by atoms with Gasteiger partial charge >= 0.3 is 11.9 Å². The van der Waals surface area contributed by atoms with Gasteiger partial charge in [0.15, 0.2) is 6.10 Å². The standard InChI is InChI=1S/C50H84NO10P/c1-6-8-10-12-14-16-18-20-21-22-23-24-25-26-28-30-32-34-36-40-49(54)58-44-46(45-60-62(56,57)59-43-42-51(3,4)5)61-50(55)41-37-39-48(53)47(52)38-35-33-31-29-27-19-17-15-13-11-9-7-2/h14-17,20-21,23-24,26-29,32-35,46-48,52-53H,6-13,18-19,22,25,30-31,36-45H2,1-5H3/b16-14-,17-15-,21-20-,24-23-,28-26-,29-27-,34-32-,35-33-/t46-,47?,48?/m1/s1. The summed E-state index contributed by atoms with van der Waals surface area (Å²) < 4.78 is 33.6. The van der Waals surface area contributed by atoms with Gasteiger partial charge < -0.3 is 38.1 Å². The second-order valence-corrected chi connectivity index (χ2v) is 17.8. The molecule has 0 radical (unpaired) electrons. The van der Waals surface area contributed by atoms with Crippen LogP contribution in [0.1, 0.15) is 142 Å². The van der Waals surface area contributed by atoms with Crippen LogP contribution in [0.15, 0.2) is 97.2 Å². The summed E-state index contributed by atoms with van der Waals surface area (Å²) in [6, 6.07) is 0. The minimum absolute atomic E-state index is 0.0871. The number of hydrogen-bond donors (Lipinski definition) is 2. The summed E-state index contributed by atoms with van der Waals surface area (Å²) in [6.07, 6.45) is 46.2. The highest BCUT2D eigenvalue weighted by atomic mass is 31.2. The first kappa shape index (κ1) is 58.9. The summed E-state index contributed by atoms with van der Waals surface area (Å²) in [6.45, 7) is 3.72. The Morgan fingerprint density at radius 2 is 1.05 bits per heavy atom. The van der Waals surface area contributed by atoms with Crippen molar-refractivity contribution in [1.82, 2.24) is 0 Å². The Labute approximate surface area is 376 Å². The van der Waals surface area contributed by atoms with Crippen LogP contribution in [0.4, 0.5) is 0 Å². The van der Waals surface area contributed by atoms with Gasteiger partial charge in [-0.3, -0.25) is 14.2 Å². The molecule has 0 aliphatic rings. The van der Waals surface area contributed by atoms with E-state index in [-0.39, 0.29) is 38.7 Å². The maximum atomic E-state index is 12.7. The topological polar surface area (TPSA) is 152 Å². The number of esters is 2. The van der Waals surface area contributed by atoms with Gasteiger partial charge in [-0.05, 0) is 89.9 Å². The molecule has 0 aromatic carbocycles. The highest BCUT2D eigenvalue weighted by Crippen LogP contribution is 2.38. The number of aliphatic hydroxyl groups excluding tert-OH is 2. The number of quaternary nitrogens is 1. The molecule has 0 fully saturated rings. The lowest BCUT2D eigenvalue weighted by Crippen LogP contribution is -2.37. The Balaban J connectivity index is 4.71. The molecule has 0 bridgehead atoms. The van der Waals surface area contributed by atoms with Crippen molar-refractivity contribution in [2.45, 2.75) is 161 Å². The van der Waals surface area contributed by atoms with Crippen molar-refractivity contribution in [1.29, 1.82) is 0 Å². The molecule has 0 aromatic heterocycles. The van der Waals surface area contributed by atoms with E-state index in [1.54, 1.807) is 0 Å². The third kappa shape index (κ3) is 42.2. The van der Waals surface area contributed by atoms with Gasteiger partial charge in [-0.1, -0.05) is 137 Å². The third-order valence-electron chi connectivity index (χ3n) is 9.29. The van der Waals surface area contributed by atoms with Crippen molar-refractivity contribution >= 4 is 19.8 Å². The molecule has 2 N–H and O–H groups in total. The summed E-state index contributed by atoms with van der Waals surface area (Å²) in [5.41, 5.74) is 0. The molecule has 12 heteroatoms. The lowest BCUT2D eigenvalue weighted by molar-refractivity contribution is -0.870. The van der Waals surface area contributed by atoms with E-state index in [4.69, 9.17) is 18.5 Å². The SMILES string of the molecule is CCCCC/C=C\C/C=C\C/C=C\C/C=C\C/C=C\CCC(=O)OC[C@H](COP(=O)([O-])OCC[N+](C)(C)C)OC(=O)CCCC(O)C(O)C/C=C\C/C=C\C/C=C\CCCCC. The van der Waals surface area contributed by atoms with Crippen LogP contribution < -0.4 is 4.89 Å². The second-order valence-electron chi connectivity index (χ2n) is 16.4. The van der Waals surface area contributed by atoms with Crippen LogP contribution in [0, 0.1) is 0 Å². The van der Waals surface area contributed by atoms with E-state index in [2.05, 4.69) is 86.8 Å². The molecule has 11 nitrogen and oxygen atoms in total. The van der Waals surface area contributed by atoms with E-state index in [9.17, 15) is 29.3 Å². The molecule has 0 heterocycles. The number of likely N-dealkylation sites (N-methyl/N-ethyl adjacent to an activating group) is 1. The predicted molar refractivity (Wildman–Crippen MR) is 252 cm³/mol. The molecular formula is C50H84NO10P. The summed E-state index contributed by atoms with van der Waals surface area (Å²) in [5.74, 6) is -1.23. The molecule has 4 atom stereocenters. The van der Waals surface area contributed by atoms with Gasteiger partial charge in [0.1, 0.15) is 19.8 Å². The van der Waals surface area contributed by atoms with Crippen LogP contribution in [0.3, 0.4) is 0 Å². The zero-order chi connectivity index (χ0) is 46.0. The molecular weight excluding hydrogens is 806 g/mol. The van der Waals surface area contributed by atoms with E-state index >= 15 is 0 Å². The number of allylic oxidation sites excluding steroid dienone is 15. The van der Waals surface area contributed by atoms with Crippen LogP contribution in [-0.2, 0) is 32.7 Å². The molecule has 3 unspecified atom stereocenters. The van der Waals surface area contributed by atoms with Gasteiger partial charge in [0.2, 0.25) is 0 Å². The Bertz CT molecular complexity index is 1410. The zero-order valence-corrected chi connectivity index (χ0v) is 39.9. The van der Waals surface area contributed by atoms with Crippen molar-refractivity contribution in [3.63, 3.8) is 0 Å². The average Bonchev–Trinajstić information content (AvgIpc) is 3.22. The van der Waals surface area contributed by atoms with E-state index in [1.165, 1.54) is 44.9 Å². The average molecular weight is 890 g/mol. The minimum Gasteiger partial charge on any atom is -0.756 e. The largest absolute Gasteiger partial charge is 0.756 e. The summed E-state index contributed by atoms with van der Waals surface area (Å²) >= 11 is 0. The van der Waals surface area contributed by atoms with Crippen LogP contribution in [0.25, 0.3) is 0 Å². The summed E-state index contributed by atoms with van der Waals surface area (Å²) in [7, 11) is 0.934. The number of carbonyl (C=O) groups excluding carboxylic acids is 2. The van der Waals surface area contributed by atoms with Crippen molar-refractivity contribution < 1.29 is 52.3 Å². The highest BCUT2D eigenvalue weighted by molar-refractivity contribution is 7.45. The molecule has 0 saturated heterocycles. The molecule has 0 rings (SSSR count). The number of carbonyl (C=O) groups is 2. The Morgan fingerprint density at radius 1 is 0.581 bits per heavy atom. The highest BCUT2D eigenvalue weighted by Gasteiger charge is 2.22. The monoisotopic (exact) mass is 890 g/mol. The molecule has 0 amide bonds. The maximum Gasteiger partial charge on any atom is 0.306 e. The van der Waals surface area contributed by atoms with Gasteiger partial charge in [0.05, 0.1) is 40.0 Å². The number of rotatable bonds is 40. The van der Waals surface area contributed by atoms with Gasteiger partial charge in [-0.25, -0.2) is 0 Å². The normalized spacial score (nSPS) is 15.4. The Morgan fingerprint density at radius 3 is 1.53 bits per heavy atom. The predicted octanol–water partition coefficient (Wildman–Crippen LogP) is 10.7. The third-order valence-corrected chi connectivity index (χ3v) is 10.3. The number of hydrogen-bond acceptors (Lipinski definition) is 10. The lowest BCUT2D eigenvalue weighted by atomic mass is 10.0. The first-order valence-corrected chi connectivity index (χ1v) is 24.6. The molecule has 0 aliphatic carbocycles. The van der Waals surface area contributed by atoms with Crippen LogP contribution in [0.5, 0.6) is 0 Å². The van der Waals surface area contributed by atoms with E-state index in [0.717, 1.165) is 44.9 Å². The molecule has 0 aliphatic heterocycles. The number of ether oxygens (including phenoxy) is 2. The number of aliphatic hydroxyl groups is 2. The van der Waals surface area contributed by atoms with Crippen LogP contribution in [-0.4, -0.2) is 92.5 Å². The fraction of sp³-hybridized carbons (Fsp3) is 0.640. The van der Waals surface area contributed by atoms with Crippen molar-refractivity contribution in [3.05, 3.63) is 97.2 Å². The molecule has 0 spiro atoms. The zero-order valence-electron chi connectivity index (χ0n) is 39.0. The first-order valence-electron chi connectivity index (χ1n) is 23.1. The molecule has 354 valence electrons. The molecule has 0 aromatic rings. The molecule has 0 saturated carbocycles. The van der Waals surface area contributed by atoms with Gasteiger partial charge in [-0.15, -0.1) is 0 Å². The van der Waals surface area contributed by atoms with Crippen molar-refractivity contribution in [2.75, 3.05) is 47.5 Å². The van der Waals surface area contributed by atoms with Crippen molar-refractivity contribution in [3.8, 4) is 0 Å². The first-order chi connectivity index (χ1) is 29.8. The Kier molecular flexibility index (Phi) is 38.5. The van der Waals surface area contributed by atoms with Crippen LogP contribution >= 0.6 is 7.82 Å². The fourth-order valence-corrected chi connectivity index (χ4v) is 6.23. The smallest absolute Gasteiger partial charge is 0.306 e. The van der Waals surface area contributed by atoms with E-state index < -0.39 is 51.3 Å². The summed E-state index contributed by atoms with van der Waals surface area (Å²) in [5, 5.41) is 20.8. The lowest BCUT2D eigenvalue weighted by Gasteiger charge is -2.28. The van der Waals surface area contributed by atoms with Gasteiger partial charge in [0.25, 0.3) is 7.82 Å². The number of unbranched alkanes of at least 4 members (excludes halogenated alkanes) is 6. The quantitative estimate of drug-likeness (QED) is 0.0200.